The highest BCUT2D eigenvalue weighted by Gasteiger charge is 2.13. The fraction of sp³-hybridized carbons (Fsp3) is 0.308. The Balaban J connectivity index is 2.07. The van der Waals surface area contributed by atoms with Crippen molar-refractivity contribution in [2.75, 3.05) is 7.11 Å². The highest BCUT2D eigenvalue weighted by atomic mass is 16.5. The third-order valence-electron chi connectivity index (χ3n) is 2.71. The lowest BCUT2D eigenvalue weighted by Gasteiger charge is -2.10. The summed E-state index contributed by atoms with van der Waals surface area (Å²) < 4.78 is 10.1. The van der Waals surface area contributed by atoms with E-state index in [-0.39, 0.29) is 12.0 Å². The molecule has 1 atom stereocenters. The molecule has 0 amide bonds. The molecule has 1 N–H and O–H groups in total. The Labute approximate surface area is 99.6 Å². The second-order valence-corrected chi connectivity index (χ2v) is 3.88. The molecule has 0 bridgehead atoms. The molecule has 0 spiro atoms. The van der Waals surface area contributed by atoms with E-state index in [0.29, 0.717) is 6.54 Å². The maximum Gasteiger partial charge on any atom is 0.322 e. The van der Waals surface area contributed by atoms with Gasteiger partial charge in [0.05, 0.1) is 13.4 Å². The Morgan fingerprint density at radius 3 is 3.00 bits per heavy atom. The van der Waals surface area contributed by atoms with E-state index >= 15 is 0 Å². The Morgan fingerprint density at radius 2 is 2.24 bits per heavy atom. The molecule has 2 rings (SSSR count). The van der Waals surface area contributed by atoms with Crippen LogP contribution in [0.15, 0.2) is 34.9 Å². The number of benzene rings is 1. The second-order valence-electron chi connectivity index (χ2n) is 3.88. The molecule has 4 nitrogen and oxygen atoms in total. The van der Waals surface area contributed by atoms with Crippen LogP contribution in [0.5, 0.6) is 0 Å². The highest BCUT2D eigenvalue weighted by Crippen LogP contribution is 2.20. The van der Waals surface area contributed by atoms with Crippen molar-refractivity contribution >= 4 is 16.9 Å². The van der Waals surface area contributed by atoms with Gasteiger partial charge in [-0.15, -0.1) is 0 Å². The number of para-hydroxylation sites is 1. The summed E-state index contributed by atoms with van der Waals surface area (Å²) in [5.41, 5.74) is 1.89. The smallest absolute Gasteiger partial charge is 0.322 e. The minimum Gasteiger partial charge on any atom is -0.468 e. The molecule has 90 valence electrons. The first-order valence-electron chi connectivity index (χ1n) is 5.48. The van der Waals surface area contributed by atoms with E-state index in [2.05, 4.69) is 10.1 Å². The van der Waals surface area contributed by atoms with Crippen molar-refractivity contribution in [3.63, 3.8) is 0 Å². The molecular weight excluding hydrogens is 218 g/mol. The predicted octanol–water partition coefficient (Wildman–Crippen LogP) is 2.08. The topological polar surface area (TPSA) is 51.5 Å². The molecule has 0 aliphatic heterocycles. The van der Waals surface area contributed by atoms with Gasteiger partial charge in [0.15, 0.2) is 0 Å². The van der Waals surface area contributed by atoms with E-state index in [1.54, 1.807) is 13.2 Å². The number of rotatable bonds is 4. The molecule has 17 heavy (non-hydrogen) atoms. The lowest BCUT2D eigenvalue weighted by atomic mass is 10.1. The normalized spacial score (nSPS) is 12.6. The van der Waals surface area contributed by atoms with Gasteiger partial charge < -0.3 is 14.5 Å². The number of carbonyl (C=O) groups excluding carboxylic acids is 1. The number of hydrogen-bond acceptors (Lipinski definition) is 4. The van der Waals surface area contributed by atoms with E-state index < -0.39 is 0 Å². The van der Waals surface area contributed by atoms with Crippen molar-refractivity contribution in [3.05, 3.63) is 36.1 Å². The monoisotopic (exact) mass is 233 g/mol. The van der Waals surface area contributed by atoms with E-state index in [1.807, 2.05) is 24.3 Å². The molecule has 1 aromatic carbocycles. The van der Waals surface area contributed by atoms with Crippen LogP contribution in [-0.4, -0.2) is 19.1 Å². The number of methoxy groups -OCH3 is 1. The van der Waals surface area contributed by atoms with Crippen LogP contribution in [0.25, 0.3) is 11.0 Å². The quantitative estimate of drug-likeness (QED) is 0.821. The average Bonchev–Trinajstić information content (AvgIpc) is 2.78. The van der Waals surface area contributed by atoms with Crippen LogP contribution >= 0.6 is 0 Å². The average molecular weight is 233 g/mol. The molecule has 0 radical (unpaired) electrons. The summed E-state index contributed by atoms with van der Waals surface area (Å²) >= 11 is 0. The number of fused-ring (bicyclic) bond motifs is 1. The summed E-state index contributed by atoms with van der Waals surface area (Å²) in [6.45, 7) is 2.35. The molecule has 0 saturated heterocycles. The van der Waals surface area contributed by atoms with Crippen LogP contribution in [-0.2, 0) is 16.1 Å². The molecule has 4 heteroatoms. The van der Waals surface area contributed by atoms with Gasteiger partial charge in [-0.25, -0.2) is 0 Å². The molecule has 1 aromatic heterocycles. The zero-order valence-electron chi connectivity index (χ0n) is 9.90. The van der Waals surface area contributed by atoms with Gasteiger partial charge in [-0.05, 0) is 13.0 Å². The van der Waals surface area contributed by atoms with Crippen LogP contribution in [0.3, 0.4) is 0 Å². The predicted molar refractivity (Wildman–Crippen MR) is 64.5 cm³/mol. The summed E-state index contributed by atoms with van der Waals surface area (Å²) in [6, 6.07) is 7.49. The van der Waals surface area contributed by atoms with Crippen LogP contribution < -0.4 is 5.32 Å². The molecule has 1 heterocycles. The standard InChI is InChI=1S/C13H15NO3/c1-9(13(15)16-2)14-7-10-8-17-12-6-4-3-5-11(10)12/h3-6,8-9,14H,7H2,1-2H3/t9-/m0/s1. The number of hydrogen-bond donors (Lipinski definition) is 1. The maximum atomic E-state index is 11.2. The van der Waals surface area contributed by atoms with Crippen molar-refractivity contribution in [3.8, 4) is 0 Å². The number of carbonyl (C=O) groups is 1. The van der Waals surface area contributed by atoms with Crippen LogP contribution in [0.2, 0.25) is 0 Å². The van der Waals surface area contributed by atoms with Crippen LogP contribution in [0.1, 0.15) is 12.5 Å². The summed E-state index contributed by atoms with van der Waals surface area (Å²) in [4.78, 5) is 11.2. The van der Waals surface area contributed by atoms with E-state index in [1.165, 1.54) is 7.11 Å². The maximum absolute atomic E-state index is 11.2. The van der Waals surface area contributed by atoms with Crippen LogP contribution in [0.4, 0.5) is 0 Å². The van der Waals surface area contributed by atoms with Gasteiger partial charge in [0, 0.05) is 17.5 Å². The molecule has 0 unspecified atom stereocenters. The molecule has 0 aliphatic rings. The van der Waals surface area contributed by atoms with Gasteiger partial charge in [0.25, 0.3) is 0 Å². The summed E-state index contributed by atoms with van der Waals surface area (Å²) in [7, 11) is 1.38. The van der Waals surface area contributed by atoms with Gasteiger partial charge in [0.1, 0.15) is 11.6 Å². The third-order valence-corrected chi connectivity index (χ3v) is 2.71. The zero-order chi connectivity index (χ0) is 12.3. The lowest BCUT2D eigenvalue weighted by molar-refractivity contribution is -0.142. The first kappa shape index (κ1) is 11.7. The molecule has 0 fully saturated rings. The second kappa shape index (κ2) is 5.01. The lowest BCUT2D eigenvalue weighted by Crippen LogP contribution is -2.34. The number of nitrogens with one attached hydrogen (secondary N) is 1. The summed E-state index contributed by atoms with van der Waals surface area (Å²) in [5.74, 6) is -0.266. The summed E-state index contributed by atoms with van der Waals surface area (Å²) in [6.07, 6.45) is 1.71. The van der Waals surface area contributed by atoms with Crippen LogP contribution in [0, 0.1) is 0 Å². The van der Waals surface area contributed by atoms with Gasteiger partial charge in [-0.1, -0.05) is 18.2 Å². The molecule has 2 aromatic rings. The first-order chi connectivity index (χ1) is 8.22. The number of furan rings is 1. The minimum absolute atomic E-state index is 0.266. The SMILES string of the molecule is COC(=O)[C@H](C)NCc1coc2ccccc12. The van der Waals surface area contributed by atoms with Crippen molar-refractivity contribution < 1.29 is 13.9 Å². The van der Waals surface area contributed by atoms with Gasteiger partial charge in [-0.2, -0.15) is 0 Å². The molecular formula is C13H15NO3. The fourth-order valence-corrected chi connectivity index (χ4v) is 1.69. The Kier molecular flexibility index (Phi) is 3.44. The number of ether oxygens (including phenoxy) is 1. The fourth-order valence-electron chi connectivity index (χ4n) is 1.69. The Hall–Kier alpha value is -1.81. The van der Waals surface area contributed by atoms with E-state index in [0.717, 1.165) is 16.5 Å². The zero-order valence-corrected chi connectivity index (χ0v) is 9.90. The van der Waals surface area contributed by atoms with Crippen molar-refractivity contribution in [1.82, 2.24) is 5.32 Å². The highest BCUT2D eigenvalue weighted by molar-refractivity contribution is 5.81. The van der Waals surface area contributed by atoms with Gasteiger partial charge >= 0.3 is 5.97 Å². The largest absolute Gasteiger partial charge is 0.468 e. The van der Waals surface area contributed by atoms with Gasteiger partial charge in [0.2, 0.25) is 0 Å². The molecule has 0 aliphatic carbocycles. The van der Waals surface area contributed by atoms with Gasteiger partial charge in [-0.3, -0.25) is 4.79 Å². The van der Waals surface area contributed by atoms with E-state index in [9.17, 15) is 4.79 Å². The van der Waals surface area contributed by atoms with E-state index in [4.69, 9.17) is 4.42 Å². The Bertz CT molecular complexity index is 518. The Morgan fingerprint density at radius 1 is 1.47 bits per heavy atom. The molecule has 0 saturated carbocycles. The summed E-state index contributed by atoms with van der Waals surface area (Å²) in [5, 5.41) is 4.16. The third kappa shape index (κ3) is 2.47. The minimum atomic E-state index is -0.325. The first-order valence-corrected chi connectivity index (χ1v) is 5.48. The van der Waals surface area contributed by atoms with Crippen molar-refractivity contribution in [1.29, 1.82) is 0 Å². The number of esters is 1. The van der Waals surface area contributed by atoms with Crippen molar-refractivity contribution in [2.45, 2.75) is 19.5 Å². The van der Waals surface area contributed by atoms with Crippen molar-refractivity contribution in [2.24, 2.45) is 0 Å².